The summed E-state index contributed by atoms with van der Waals surface area (Å²) in [4.78, 5) is 0. The molecule has 1 rings (SSSR count). The van der Waals surface area contributed by atoms with Crippen LogP contribution in [0.5, 0.6) is 0 Å². The fourth-order valence-corrected chi connectivity index (χ4v) is 1.24. The third kappa shape index (κ3) is 3.08. The van der Waals surface area contributed by atoms with E-state index in [-0.39, 0.29) is 12.1 Å². The van der Waals surface area contributed by atoms with Crippen LogP contribution in [0.25, 0.3) is 0 Å². The zero-order valence-electron chi connectivity index (χ0n) is 9.41. The maximum Gasteiger partial charge on any atom is 0.120 e. The molecule has 0 spiro atoms. The zero-order chi connectivity index (χ0) is 11.5. The molecular weight excluding hydrogens is 190 g/mol. The number of aliphatic hydroxyl groups excluding tert-OH is 1. The van der Waals surface area contributed by atoms with Crippen molar-refractivity contribution < 1.29 is 5.11 Å². The Hall–Kier alpha value is -1.31. The number of hydrogen-bond donors (Lipinski definition) is 2. The summed E-state index contributed by atoms with van der Waals surface area (Å²) in [6, 6.07) is 3.96. The summed E-state index contributed by atoms with van der Waals surface area (Å²) >= 11 is 0. The van der Waals surface area contributed by atoms with E-state index in [1.165, 1.54) is 0 Å². The third-order valence-corrected chi connectivity index (χ3v) is 2.34. The van der Waals surface area contributed by atoms with Crippen molar-refractivity contribution in [1.29, 1.82) is 5.26 Å². The molecule has 0 unspecified atom stereocenters. The number of aromatic nitrogens is 1. The number of aliphatic hydroxyl groups is 1. The van der Waals surface area contributed by atoms with E-state index in [0.29, 0.717) is 12.2 Å². The molecular formula is C11H17N3O. The Morgan fingerprint density at radius 2 is 2.27 bits per heavy atom. The van der Waals surface area contributed by atoms with Gasteiger partial charge < -0.3 is 15.0 Å². The Morgan fingerprint density at radius 3 is 2.73 bits per heavy atom. The van der Waals surface area contributed by atoms with Gasteiger partial charge in [-0.1, -0.05) is 0 Å². The summed E-state index contributed by atoms with van der Waals surface area (Å²) in [5, 5.41) is 21.0. The Labute approximate surface area is 90.1 Å². The van der Waals surface area contributed by atoms with E-state index < -0.39 is 0 Å². The van der Waals surface area contributed by atoms with Gasteiger partial charge in [-0.3, -0.25) is 0 Å². The van der Waals surface area contributed by atoms with Crippen molar-refractivity contribution in [3.8, 4) is 6.07 Å². The lowest BCUT2D eigenvalue weighted by atomic mass is 10.1. The van der Waals surface area contributed by atoms with Crippen LogP contribution in [-0.2, 0) is 13.6 Å². The van der Waals surface area contributed by atoms with Crippen LogP contribution in [0.4, 0.5) is 0 Å². The Balaban J connectivity index is 2.63. The fraction of sp³-hybridized carbons (Fsp3) is 0.545. The van der Waals surface area contributed by atoms with Gasteiger partial charge in [-0.05, 0) is 25.5 Å². The first kappa shape index (κ1) is 11.8. The maximum atomic E-state index is 9.06. The molecule has 0 saturated carbocycles. The largest absolute Gasteiger partial charge is 0.394 e. The van der Waals surface area contributed by atoms with Crippen molar-refractivity contribution in [3.63, 3.8) is 0 Å². The Bertz CT molecular complexity index is 374. The average Bonchev–Trinajstić information content (AvgIpc) is 2.56. The predicted molar refractivity (Wildman–Crippen MR) is 58.1 cm³/mol. The van der Waals surface area contributed by atoms with Gasteiger partial charge in [-0.2, -0.15) is 5.26 Å². The summed E-state index contributed by atoms with van der Waals surface area (Å²) < 4.78 is 1.79. The monoisotopic (exact) mass is 207 g/mol. The van der Waals surface area contributed by atoms with Gasteiger partial charge in [0.25, 0.3) is 0 Å². The van der Waals surface area contributed by atoms with Crippen LogP contribution in [0, 0.1) is 11.3 Å². The molecule has 0 fully saturated rings. The number of nitrogens with zero attached hydrogens (tertiary/aromatic N) is 2. The van der Waals surface area contributed by atoms with Gasteiger partial charge in [0.15, 0.2) is 0 Å². The van der Waals surface area contributed by atoms with Gasteiger partial charge in [0.2, 0.25) is 0 Å². The van der Waals surface area contributed by atoms with Crippen molar-refractivity contribution in [2.75, 3.05) is 6.61 Å². The molecule has 0 aromatic carbocycles. The van der Waals surface area contributed by atoms with Crippen LogP contribution in [0.1, 0.15) is 25.1 Å². The third-order valence-electron chi connectivity index (χ3n) is 2.34. The highest BCUT2D eigenvalue weighted by atomic mass is 16.3. The maximum absolute atomic E-state index is 9.06. The van der Waals surface area contributed by atoms with Crippen LogP contribution in [-0.4, -0.2) is 21.8 Å². The van der Waals surface area contributed by atoms with Crippen LogP contribution in [0.2, 0.25) is 0 Å². The van der Waals surface area contributed by atoms with E-state index in [0.717, 1.165) is 5.56 Å². The average molecular weight is 207 g/mol. The number of nitrogens with one attached hydrogen (secondary N) is 1. The molecule has 0 radical (unpaired) electrons. The van der Waals surface area contributed by atoms with Crippen LogP contribution >= 0.6 is 0 Å². The molecule has 0 amide bonds. The van der Waals surface area contributed by atoms with Crippen molar-refractivity contribution >= 4 is 0 Å². The smallest absolute Gasteiger partial charge is 0.120 e. The molecule has 1 aromatic heterocycles. The summed E-state index contributed by atoms with van der Waals surface area (Å²) in [6.07, 6.45) is 1.92. The van der Waals surface area contributed by atoms with Gasteiger partial charge in [-0.15, -0.1) is 0 Å². The summed E-state index contributed by atoms with van der Waals surface area (Å²) in [5.74, 6) is 0. The van der Waals surface area contributed by atoms with E-state index in [2.05, 4.69) is 11.4 Å². The predicted octanol–water partition coefficient (Wildman–Crippen LogP) is 0.757. The van der Waals surface area contributed by atoms with Gasteiger partial charge in [-0.25, -0.2) is 0 Å². The number of rotatable bonds is 4. The van der Waals surface area contributed by atoms with Crippen molar-refractivity contribution in [3.05, 3.63) is 23.5 Å². The quantitative estimate of drug-likeness (QED) is 0.766. The summed E-state index contributed by atoms with van der Waals surface area (Å²) in [5.41, 5.74) is 1.41. The second-order valence-corrected chi connectivity index (χ2v) is 4.35. The van der Waals surface area contributed by atoms with Gasteiger partial charge >= 0.3 is 0 Å². The molecule has 82 valence electrons. The molecule has 4 nitrogen and oxygen atoms in total. The highest BCUT2D eigenvalue weighted by Gasteiger charge is 2.15. The van der Waals surface area contributed by atoms with E-state index in [4.69, 9.17) is 10.4 Å². The summed E-state index contributed by atoms with van der Waals surface area (Å²) in [7, 11) is 1.85. The topological polar surface area (TPSA) is 61.0 Å². The van der Waals surface area contributed by atoms with Gasteiger partial charge in [0.05, 0.1) is 6.61 Å². The van der Waals surface area contributed by atoms with Crippen molar-refractivity contribution in [2.24, 2.45) is 7.05 Å². The molecule has 2 N–H and O–H groups in total. The molecule has 0 bridgehead atoms. The first-order valence-corrected chi connectivity index (χ1v) is 4.90. The van der Waals surface area contributed by atoms with Crippen molar-refractivity contribution in [1.82, 2.24) is 9.88 Å². The first-order chi connectivity index (χ1) is 6.98. The van der Waals surface area contributed by atoms with Gasteiger partial charge in [0.1, 0.15) is 11.8 Å². The minimum Gasteiger partial charge on any atom is -0.394 e. The SMILES string of the molecule is Cn1cc(CNC(C)(C)CO)cc1C#N. The summed E-state index contributed by atoms with van der Waals surface area (Å²) in [6.45, 7) is 4.61. The minimum absolute atomic E-state index is 0.0882. The lowest BCUT2D eigenvalue weighted by Gasteiger charge is -2.23. The lowest BCUT2D eigenvalue weighted by molar-refractivity contribution is 0.187. The van der Waals surface area contributed by atoms with E-state index in [9.17, 15) is 0 Å². The molecule has 0 saturated heterocycles. The second-order valence-electron chi connectivity index (χ2n) is 4.35. The van der Waals surface area contributed by atoms with Crippen LogP contribution in [0.3, 0.4) is 0 Å². The molecule has 4 heteroatoms. The standard InChI is InChI=1S/C11H17N3O/c1-11(2,8-15)13-6-9-4-10(5-12)14(3)7-9/h4,7,13,15H,6,8H2,1-3H3. The molecule has 0 atom stereocenters. The first-order valence-electron chi connectivity index (χ1n) is 4.90. The zero-order valence-corrected chi connectivity index (χ0v) is 9.41. The van der Waals surface area contributed by atoms with Gasteiger partial charge in [0, 0.05) is 25.3 Å². The normalized spacial score (nSPS) is 11.4. The minimum atomic E-state index is -0.289. The van der Waals surface area contributed by atoms with Crippen LogP contribution < -0.4 is 5.32 Å². The van der Waals surface area contributed by atoms with Crippen LogP contribution in [0.15, 0.2) is 12.3 Å². The lowest BCUT2D eigenvalue weighted by Crippen LogP contribution is -2.41. The number of aryl methyl sites for hydroxylation is 1. The Kier molecular flexibility index (Phi) is 3.51. The van der Waals surface area contributed by atoms with E-state index >= 15 is 0 Å². The van der Waals surface area contributed by atoms with E-state index in [1.807, 2.05) is 33.2 Å². The van der Waals surface area contributed by atoms with E-state index in [1.54, 1.807) is 4.57 Å². The highest BCUT2D eigenvalue weighted by Crippen LogP contribution is 2.08. The highest BCUT2D eigenvalue weighted by molar-refractivity contribution is 5.28. The van der Waals surface area contributed by atoms with Crippen molar-refractivity contribution in [2.45, 2.75) is 25.9 Å². The molecule has 0 aliphatic carbocycles. The molecule has 0 aliphatic heterocycles. The number of hydrogen-bond acceptors (Lipinski definition) is 3. The fourth-order valence-electron chi connectivity index (χ4n) is 1.24. The molecule has 1 heterocycles. The Morgan fingerprint density at radius 1 is 1.60 bits per heavy atom. The molecule has 1 aromatic rings. The number of nitriles is 1. The molecule has 0 aliphatic rings. The molecule has 15 heavy (non-hydrogen) atoms. The second kappa shape index (κ2) is 4.47.